The van der Waals surface area contributed by atoms with Crippen molar-refractivity contribution in [2.75, 3.05) is 0 Å². The van der Waals surface area contributed by atoms with Gasteiger partial charge in [-0.15, -0.1) is 6.42 Å². The number of alkyl halides is 2. The van der Waals surface area contributed by atoms with Crippen molar-refractivity contribution in [1.29, 1.82) is 0 Å². The van der Waals surface area contributed by atoms with Crippen LogP contribution in [-0.2, 0) is 0 Å². The predicted octanol–water partition coefficient (Wildman–Crippen LogP) is 1.76. The minimum Gasteiger partial charge on any atom is -0.234 e. The third kappa shape index (κ3) is 2.64. The second-order valence-electron chi connectivity index (χ2n) is 1.11. The van der Waals surface area contributed by atoms with Crippen LogP contribution >= 0.6 is 15.9 Å². The van der Waals surface area contributed by atoms with Crippen molar-refractivity contribution < 1.29 is 4.39 Å². The van der Waals surface area contributed by atoms with Crippen LogP contribution in [0, 0.1) is 25.2 Å². The van der Waals surface area contributed by atoms with Crippen molar-refractivity contribution >= 4 is 15.9 Å². The van der Waals surface area contributed by atoms with E-state index in [1.54, 1.807) is 0 Å². The van der Waals surface area contributed by atoms with Gasteiger partial charge in [-0.1, -0.05) is 21.9 Å². The van der Waals surface area contributed by atoms with Gasteiger partial charge in [0.2, 0.25) is 0 Å². The monoisotopic (exact) mass is 163 g/mol. The van der Waals surface area contributed by atoms with Crippen LogP contribution in [0.1, 0.15) is 0 Å². The van der Waals surface area contributed by atoms with Gasteiger partial charge in [-0.2, -0.15) is 0 Å². The smallest absolute Gasteiger partial charge is 0.168 e. The van der Waals surface area contributed by atoms with Gasteiger partial charge >= 0.3 is 0 Å². The van der Waals surface area contributed by atoms with Crippen LogP contribution in [0.4, 0.5) is 4.39 Å². The Balaban J connectivity index is 3.40. The zero-order valence-electron chi connectivity index (χ0n) is 3.70. The van der Waals surface area contributed by atoms with E-state index in [2.05, 4.69) is 28.8 Å². The van der Waals surface area contributed by atoms with E-state index in [1.807, 2.05) is 0 Å². The Kier molecular flexibility index (Phi) is 3.02. The SMILES string of the molecule is C#CC([CH2])C(F)Br. The van der Waals surface area contributed by atoms with E-state index in [-0.39, 0.29) is 0 Å². The van der Waals surface area contributed by atoms with Crippen LogP contribution in [0.5, 0.6) is 0 Å². The Morgan fingerprint density at radius 1 is 1.86 bits per heavy atom. The molecule has 0 heterocycles. The fourth-order valence-electron chi connectivity index (χ4n) is 0.0727. The molecule has 0 aromatic carbocycles. The lowest BCUT2D eigenvalue weighted by Gasteiger charge is -1.98. The van der Waals surface area contributed by atoms with Crippen LogP contribution in [0.15, 0.2) is 0 Å². The van der Waals surface area contributed by atoms with Gasteiger partial charge in [-0.05, 0) is 6.92 Å². The maximum Gasteiger partial charge on any atom is 0.168 e. The standard InChI is InChI=1S/C5H5BrF/c1-3-4(2)5(6)7/h1,4-5H,2H2. The molecule has 7 heavy (non-hydrogen) atoms. The van der Waals surface area contributed by atoms with Crippen molar-refractivity contribution in [2.45, 2.75) is 5.08 Å². The minimum absolute atomic E-state index is 0.569. The van der Waals surface area contributed by atoms with Gasteiger partial charge in [0, 0.05) is 0 Å². The van der Waals surface area contributed by atoms with Crippen LogP contribution in [0.25, 0.3) is 0 Å². The van der Waals surface area contributed by atoms with E-state index in [1.165, 1.54) is 0 Å². The zero-order chi connectivity index (χ0) is 5.86. The minimum atomic E-state index is -1.17. The summed E-state index contributed by atoms with van der Waals surface area (Å²) in [7, 11) is 0. The van der Waals surface area contributed by atoms with E-state index in [9.17, 15) is 4.39 Å². The molecule has 0 nitrogen and oxygen atoms in total. The van der Waals surface area contributed by atoms with Crippen molar-refractivity contribution in [3.63, 3.8) is 0 Å². The quantitative estimate of drug-likeness (QED) is 0.409. The normalized spacial score (nSPS) is 17.4. The molecule has 0 spiro atoms. The highest BCUT2D eigenvalue weighted by Crippen LogP contribution is 2.10. The molecule has 0 saturated heterocycles. The summed E-state index contributed by atoms with van der Waals surface area (Å²) < 4.78 is 11.8. The first-order valence-corrected chi connectivity index (χ1v) is 2.67. The number of hydrogen-bond acceptors (Lipinski definition) is 0. The molecule has 0 aliphatic rings. The lowest BCUT2D eigenvalue weighted by Crippen LogP contribution is -2.00. The molecule has 2 heteroatoms. The summed E-state index contributed by atoms with van der Waals surface area (Å²) >= 11 is 2.63. The van der Waals surface area contributed by atoms with Crippen molar-refractivity contribution in [2.24, 2.45) is 5.92 Å². The largest absolute Gasteiger partial charge is 0.234 e. The first-order valence-electron chi connectivity index (χ1n) is 1.76. The molecule has 0 aliphatic carbocycles. The van der Waals surface area contributed by atoms with Crippen LogP contribution in [0.2, 0.25) is 0 Å². The van der Waals surface area contributed by atoms with Crippen molar-refractivity contribution in [3.8, 4) is 12.3 Å². The molecule has 2 unspecified atom stereocenters. The summed E-state index contributed by atoms with van der Waals surface area (Å²) in [5.74, 6) is 1.56. The Morgan fingerprint density at radius 3 is 2.29 bits per heavy atom. The predicted molar refractivity (Wildman–Crippen MR) is 31.5 cm³/mol. The van der Waals surface area contributed by atoms with Gasteiger partial charge in [-0.3, -0.25) is 0 Å². The molecule has 0 amide bonds. The highest BCUT2D eigenvalue weighted by molar-refractivity contribution is 9.09. The average Bonchev–Trinajstić information content (AvgIpc) is 1.65. The molecule has 0 bridgehead atoms. The summed E-state index contributed by atoms with van der Waals surface area (Å²) in [6.07, 6.45) is 4.79. The Morgan fingerprint density at radius 2 is 2.29 bits per heavy atom. The van der Waals surface area contributed by atoms with Crippen LogP contribution in [0.3, 0.4) is 0 Å². The number of rotatable bonds is 1. The van der Waals surface area contributed by atoms with E-state index in [0.717, 1.165) is 0 Å². The van der Waals surface area contributed by atoms with Gasteiger partial charge in [-0.25, -0.2) is 4.39 Å². The molecular formula is C5H5BrF. The van der Waals surface area contributed by atoms with Gasteiger partial charge in [0.25, 0.3) is 0 Å². The van der Waals surface area contributed by atoms with Crippen LogP contribution in [-0.4, -0.2) is 5.08 Å². The maximum absolute atomic E-state index is 11.8. The molecule has 1 radical (unpaired) electrons. The van der Waals surface area contributed by atoms with E-state index >= 15 is 0 Å². The van der Waals surface area contributed by atoms with Gasteiger partial charge in [0.15, 0.2) is 5.08 Å². The maximum atomic E-state index is 11.8. The molecule has 39 valence electrons. The molecular weight excluding hydrogens is 159 g/mol. The first-order chi connectivity index (χ1) is 3.18. The van der Waals surface area contributed by atoms with Crippen LogP contribution < -0.4 is 0 Å². The molecule has 0 aromatic heterocycles. The third-order valence-corrected chi connectivity index (χ3v) is 1.16. The summed E-state index contributed by atoms with van der Waals surface area (Å²) in [4.78, 5) is 0. The van der Waals surface area contributed by atoms with Gasteiger partial charge < -0.3 is 0 Å². The second-order valence-corrected chi connectivity index (χ2v) is 1.98. The van der Waals surface area contributed by atoms with Crippen molar-refractivity contribution in [3.05, 3.63) is 6.92 Å². The van der Waals surface area contributed by atoms with E-state index in [0.29, 0.717) is 0 Å². The topological polar surface area (TPSA) is 0 Å². The molecule has 0 aliphatic heterocycles. The lowest BCUT2D eigenvalue weighted by molar-refractivity contribution is 0.422. The summed E-state index contributed by atoms with van der Waals surface area (Å²) in [6.45, 7) is 3.30. The third-order valence-electron chi connectivity index (χ3n) is 0.518. The van der Waals surface area contributed by atoms with Gasteiger partial charge in [0.05, 0.1) is 5.92 Å². The van der Waals surface area contributed by atoms with E-state index in [4.69, 9.17) is 6.42 Å². The summed E-state index contributed by atoms with van der Waals surface area (Å²) in [5.41, 5.74) is 0. The second kappa shape index (κ2) is 3.04. The number of halogens is 2. The molecule has 0 rings (SSSR count). The fourth-order valence-corrected chi connectivity index (χ4v) is 0.225. The van der Waals surface area contributed by atoms with E-state index < -0.39 is 11.0 Å². The van der Waals surface area contributed by atoms with Gasteiger partial charge in [0.1, 0.15) is 0 Å². The molecule has 0 saturated carbocycles. The molecule has 0 fully saturated rings. The lowest BCUT2D eigenvalue weighted by atomic mass is 10.2. The fraction of sp³-hybridized carbons (Fsp3) is 0.400. The molecule has 2 atom stereocenters. The zero-order valence-corrected chi connectivity index (χ0v) is 5.28. The Bertz CT molecular complexity index is 82.6. The number of hydrogen-bond donors (Lipinski definition) is 0. The number of terminal acetylenes is 1. The van der Waals surface area contributed by atoms with Crippen molar-refractivity contribution in [1.82, 2.24) is 0 Å². The first kappa shape index (κ1) is 6.97. The molecule has 0 aromatic rings. The average molecular weight is 164 g/mol. The summed E-state index contributed by atoms with van der Waals surface area (Å²) in [5, 5.41) is -1.17. The highest BCUT2D eigenvalue weighted by atomic mass is 79.9. The highest BCUT2D eigenvalue weighted by Gasteiger charge is 2.06. The Hall–Kier alpha value is -0.0300. The molecule has 0 N–H and O–H groups in total. The Labute approximate surface area is 51.2 Å². The summed E-state index contributed by atoms with van der Waals surface area (Å²) in [6, 6.07) is 0.